The SMILES string of the molecule is CC(C)(C)OC(=O)N[C@H]1CCCCC/C=C\[C@H]2C[C@]2(C(=O)NS(=O)(=O)C2CC2)NC(=O)[C@@H]2C[C@@H](OC(=O)N3Cc4cccc(Cl)c4C3)CN2C1=O. The van der Waals surface area contributed by atoms with E-state index >= 15 is 0 Å². The maximum atomic E-state index is 14.3. The van der Waals surface area contributed by atoms with Crippen LogP contribution in [-0.2, 0) is 47.0 Å². The molecule has 51 heavy (non-hydrogen) atoms. The number of nitrogens with one attached hydrogen (secondary N) is 3. The van der Waals surface area contributed by atoms with Gasteiger partial charge in [0.2, 0.25) is 21.8 Å². The van der Waals surface area contributed by atoms with Gasteiger partial charge in [0.1, 0.15) is 29.3 Å². The highest BCUT2D eigenvalue weighted by Gasteiger charge is 2.62. The van der Waals surface area contributed by atoms with E-state index in [0.29, 0.717) is 30.7 Å². The second-order valence-corrected chi connectivity index (χ2v) is 17.6. The Morgan fingerprint density at radius 2 is 1.82 bits per heavy atom. The molecule has 5 aliphatic rings. The monoisotopic (exact) mass is 747 g/mol. The third kappa shape index (κ3) is 8.45. The van der Waals surface area contributed by atoms with Crippen molar-refractivity contribution < 1.29 is 41.9 Å². The maximum Gasteiger partial charge on any atom is 0.410 e. The lowest BCUT2D eigenvalue weighted by atomic mass is 10.0. The standard InChI is InChI=1S/C35H46ClN5O9S/c1-34(2,3)50-32(45)37-27-13-8-6-4-5-7-11-22-17-35(22,31(44)39-51(47,48)24-14-15-24)38-29(42)28-16-23(19-41(28)30(27)43)49-33(46)40-18-21-10-9-12-26(36)25(21)20-40/h7,9-12,22-24,27-28H,4-6,8,13-20H2,1-3H3,(H,37,45)(H,38,42)(H,39,44)/b11-7-/t22-,23+,27-,28-,35-/m0/s1. The minimum Gasteiger partial charge on any atom is -0.444 e. The summed E-state index contributed by atoms with van der Waals surface area (Å²) in [4.78, 5) is 71.1. The average Bonchev–Trinajstić information content (AvgIpc) is 3.93. The molecule has 14 nitrogen and oxygen atoms in total. The first-order chi connectivity index (χ1) is 24.1. The highest BCUT2D eigenvalue weighted by atomic mass is 35.5. The summed E-state index contributed by atoms with van der Waals surface area (Å²) in [6, 6.07) is 3.19. The Bertz CT molecular complexity index is 1730. The van der Waals surface area contributed by atoms with Gasteiger partial charge in [-0.25, -0.2) is 18.0 Å². The van der Waals surface area contributed by atoms with Crippen LogP contribution in [0.2, 0.25) is 5.02 Å². The van der Waals surface area contributed by atoms with Crippen molar-refractivity contribution in [2.75, 3.05) is 6.54 Å². The van der Waals surface area contributed by atoms with E-state index in [1.807, 2.05) is 18.2 Å². The number of hydrogen-bond acceptors (Lipinski definition) is 9. The van der Waals surface area contributed by atoms with E-state index in [4.69, 9.17) is 21.1 Å². The number of carbonyl (C=O) groups is 5. The molecule has 3 N–H and O–H groups in total. The number of benzene rings is 1. The molecular formula is C35H46ClN5O9S. The largest absolute Gasteiger partial charge is 0.444 e. The van der Waals surface area contributed by atoms with Crippen LogP contribution in [0.3, 0.4) is 0 Å². The predicted octanol–water partition coefficient (Wildman–Crippen LogP) is 3.66. The fourth-order valence-electron chi connectivity index (χ4n) is 7.02. The van der Waals surface area contributed by atoms with Gasteiger partial charge >= 0.3 is 12.2 Å². The van der Waals surface area contributed by atoms with E-state index in [9.17, 15) is 32.4 Å². The number of fused-ring (bicyclic) bond motifs is 3. The smallest absolute Gasteiger partial charge is 0.410 e. The molecule has 0 bridgehead atoms. The van der Waals surface area contributed by atoms with Gasteiger partial charge in [-0.1, -0.05) is 48.7 Å². The van der Waals surface area contributed by atoms with Gasteiger partial charge in [0.25, 0.3) is 5.91 Å². The normalized spacial score (nSPS) is 28.9. The van der Waals surface area contributed by atoms with Gasteiger partial charge in [0.05, 0.1) is 18.3 Å². The second-order valence-electron chi connectivity index (χ2n) is 15.2. The van der Waals surface area contributed by atoms with Crippen LogP contribution in [0.4, 0.5) is 9.59 Å². The van der Waals surface area contributed by atoms with Crippen LogP contribution in [-0.4, -0.2) is 89.2 Å². The van der Waals surface area contributed by atoms with Crippen molar-refractivity contribution in [3.05, 3.63) is 46.5 Å². The Balaban J connectivity index is 1.25. The van der Waals surface area contributed by atoms with Crippen molar-refractivity contribution in [3.63, 3.8) is 0 Å². The van der Waals surface area contributed by atoms with Gasteiger partial charge in [-0.3, -0.25) is 24.0 Å². The number of allylic oxidation sites excluding steroid dienone is 1. The molecule has 1 aromatic rings. The zero-order chi connectivity index (χ0) is 36.7. The van der Waals surface area contributed by atoms with Crippen LogP contribution in [0.25, 0.3) is 0 Å². The first-order valence-electron chi connectivity index (χ1n) is 17.6. The van der Waals surface area contributed by atoms with E-state index in [1.165, 1.54) is 9.80 Å². The van der Waals surface area contributed by atoms with Crippen LogP contribution < -0.4 is 15.4 Å². The molecule has 5 atom stereocenters. The van der Waals surface area contributed by atoms with Gasteiger partial charge in [0, 0.05) is 23.9 Å². The van der Waals surface area contributed by atoms with Gasteiger partial charge in [-0.15, -0.1) is 0 Å². The predicted molar refractivity (Wildman–Crippen MR) is 186 cm³/mol. The number of alkyl carbamates (subject to hydrolysis) is 1. The van der Waals surface area contributed by atoms with Crippen molar-refractivity contribution in [2.45, 2.75) is 126 Å². The van der Waals surface area contributed by atoms with E-state index in [1.54, 1.807) is 32.9 Å². The fraction of sp³-hybridized carbons (Fsp3) is 0.629. The molecule has 1 saturated heterocycles. The molecule has 0 unspecified atom stereocenters. The Morgan fingerprint density at radius 3 is 2.53 bits per heavy atom. The molecule has 6 rings (SSSR count). The minimum atomic E-state index is -3.90. The van der Waals surface area contributed by atoms with Crippen molar-refractivity contribution in [3.8, 4) is 0 Å². The number of hydrogen-bond donors (Lipinski definition) is 3. The number of halogens is 1. The highest BCUT2D eigenvalue weighted by molar-refractivity contribution is 7.91. The molecule has 16 heteroatoms. The number of rotatable bonds is 5. The van der Waals surface area contributed by atoms with Gasteiger partial charge in [-0.2, -0.15) is 0 Å². The number of amides is 5. The highest BCUT2D eigenvalue weighted by Crippen LogP contribution is 2.46. The van der Waals surface area contributed by atoms with Crippen LogP contribution in [0.5, 0.6) is 0 Å². The zero-order valence-electron chi connectivity index (χ0n) is 29.1. The maximum absolute atomic E-state index is 14.3. The summed E-state index contributed by atoms with van der Waals surface area (Å²) < 4.78 is 39.0. The van der Waals surface area contributed by atoms with Crippen molar-refractivity contribution >= 4 is 51.5 Å². The quantitative estimate of drug-likeness (QED) is 0.379. The molecule has 0 radical (unpaired) electrons. The summed E-state index contributed by atoms with van der Waals surface area (Å²) in [5, 5.41) is 5.39. The Kier molecular flexibility index (Phi) is 10.3. The third-order valence-corrected chi connectivity index (χ3v) is 12.2. The summed E-state index contributed by atoms with van der Waals surface area (Å²) in [6.07, 6.45) is 5.50. The molecule has 1 aromatic carbocycles. The Hall–Kier alpha value is -3.85. The summed E-state index contributed by atoms with van der Waals surface area (Å²) in [7, 11) is -3.90. The summed E-state index contributed by atoms with van der Waals surface area (Å²) >= 11 is 6.35. The van der Waals surface area contributed by atoms with E-state index < -0.39 is 80.4 Å². The Morgan fingerprint density at radius 1 is 1.06 bits per heavy atom. The molecule has 3 aliphatic heterocycles. The molecule has 0 spiro atoms. The van der Waals surface area contributed by atoms with E-state index in [-0.39, 0.29) is 38.9 Å². The molecule has 5 amide bonds. The molecular weight excluding hydrogens is 702 g/mol. The van der Waals surface area contributed by atoms with Crippen molar-refractivity contribution in [2.24, 2.45) is 5.92 Å². The summed E-state index contributed by atoms with van der Waals surface area (Å²) in [6.45, 7) is 5.50. The minimum absolute atomic E-state index is 0.0808. The van der Waals surface area contributed by atoms with Gasteiger partial charge in [-0.05, 0) is 76.5 Å². The molecule has 0 aromatic heterocycles. The van der Waals surface area contributed by atoms with Crippen molar-refractivity contribution in [1.29, 1.82) is 0 Å². The third-order valence-electron chi connectivity index (χ3n) is 9.99. The summed E-state index contributed by atoms with van der Waals surface area (Å²) in [5.74, 6) is -2.53. The van der Waals surface area contributed by atoms with Crippen LogP contribution >= 0.6 is 11.6 Å². The van der Waals surface area contributed by atoms with E-state index in [0.717, 1.165) is 24.0 Å². The van der Waals surface area contributed by atoms with Crippen LogP contribution in [0, 0.1) is 5.92 Å². The number of nitrogens with zero attached hydrogens (tertiary/aromatic N) is 2. The molecule has 3 heterocycles. The van der Waals surface area contributed by atoms with Crippen LogP contribution in [0.1, 0.15) is 89.7 Å². The fourth-order valence-corrected chi connectivity index (χ4v) is 8.64. The average molecular weight is 748 g/mol. The van der Waals surface area contributed by atoms with Gasteiger partial charge < -0.3 is 25.0 Å². The number of ether oxygens (including phenoxy) is 2. The zero-order valence-corrected chi connectivity index (χ0v) is 30.7. The lowest BCUT2D eigenvalue weighted by Crippen LogP contribution is -2.58. The number of sulfonamides is 1. The summed E-state index contributed by atoms with van der Waals surface area (Å²) in [5.41, 5.74) is -0.643. The molecule has 3 fully saturated rings. The lowest BCUT2D eigenvalue weighted by Gasteiger charge is -2.30. The lowest BCUT2D eigenvalue weighted by molar-refractivity contribution is -0.141. The van der Waals surface area contributed by atoms with E-state index in [2.05, 4.69) is 15.4 Å². The second kappa shape index (κ2) is 14.3. The van der Waals surface area contributed by atoms with Gasteiger partial charge in [0.15, 0.2) is 0 Å². The number of carbonyl (C=O) groups excluding carboxylic acids is 5. The van der Waals surface area contributed by atoms with Crippen molar-refractivity contribution in [1.82, 2.24) is 25.2 Å². The Labute approximate surface area is 303 Å². The molecule has 2 saturated carbocycles. The topological polar surface area (TPSA) is 181 Å². The van der Waals surface area contributed by atoms with Crippen LogP contribution in [0.15, 0.2) is 30.4 Å². The molecule has 278 valence electrons. The first-order valence-corrected chi connectivity index (χ1v) is 19.6. The molecule has 2 aliphatic carbocycles. The first kappa shape index (κ1) is 36.9.